The lowest BCUT2D eigenvalue weighted by Crippen LogP contribution is -2.49. The van der Waals surface area contributed by atoms with Gasteiger partial charge in [0.05, 0.1) is 18.8 Å². The van der Waals surface area contributed by atoms with Crippen molar-refractivity contribution < 1.29 is 9.53 Å². The summed E-state index contributed by atoms with van der Waals surface area (Å²) in [4.78, 5) is 16.9. The number of amides is 2. The van der Waals surface area contributed by atoms with Gasteiger partial charge in [-0.2, -0.15) is 5.10 Å². The van der Waals surface area contributed by atoms with Crippen molar-refractivity contribution >= 4 is 6.03 Å². The molecule has 1 N–H and O–H groups in total. The molecule has 2 aliphatic rings. The lowest BCUT2D eigenvalue weighted by atomic mass is 9.86. The van der Waals surface area contributed by atoms with Gasteiger partial charge in [0.25, 0.3) is 0 Å². The standard InChI is InChI=1S/C19H33N5O2/c1-22-9-5-6-15(18(22)16-10-20-24(3)12-16)11-23(2)19(25)21-17(13-26-4)14-7-8-14/h10,12,14-15,17-18H,5-9,11,13H2,1-4H3,(H,21,25)/t15-,17-,18+/m0/s1. The molecule has 2 heterocycles. The fraction of sp³-hybridized carbons (Fsp3) is 0.789. The first-order valence-electron chi connectivity index (χ1n) is 9.69. The van der Waals surface area contributed by atoms with E-state index >= 15 is 0 Å². The number of carbonyl (C=O) groups is 1. The van der Waals surface area contributed by atoms with Crippen LogP contribution in [0.5, 0.6) is 0 Å². The molecular formula is C19H33N5O2. The van der Waals surface area contributed by atoms with E-state index in [0.717, 1.165) is 19.5 Å². The topological polar surface area (TPSA) is 62.6 Å². The third-order valence-corrected chi connectivity index (χ3v) is 5.77. The Morgan fingerprint density at radius 2 is 2.19 bits per heavy atom. The molecule has 1 saturated heterocycles. The molecule has 3 rings (SSSR count). The number of nitrogens with one attached hydrogen (secondary N) is 1. The van der Waals surface area contributed by atoms with Crippen molar-refractivity contribution in [2.75, 3.05) is 40.9 Å². The first-order chi connectivity index (χ1) is 12.5. The minimum Gasteiger partial charge on any atom is -0.383 e. The van der Waals surface area contributed by atoms with E-state index in [1.807, 2.05) is 29.9 Å². The van der Waals surface area contributed by atoms with Crippen LogP contribution in [0.3, 0.4) is 0 Å². The molecule has 0 radical (unpaired) electrons. The summed E-state index contributed by atoms with van der Waals surface area (Å²) in [6, 6.07) is 0.459. The normalized spacial score (nSPS) is 25.1. The van der Waals surface area contributed by atoms with Crippen molar-refractivity contribution in [1.82, 2.24) is 24.9 Å². The molecule has 146 valence electrons. The highest BCUT2D eigenvalue weighted by atomic mass is 16.5. The number of piperidine rings is 1. The zero-order valence-electron chi connectivity index (χ0n) is 16.5. The average molecular weight is 364 g/mol. The van der Waals surface area contributed by atoms with Gasteiger partial charge in [0.15, 0.2) is 0 Å². The fourth-order valence-corrected chi connectivity index (χ4v) is 4.25. The SMILES string of the molecule is COC[C@H](NC(=O)N(C)C[C@@H]1CCCN(C)[C@H]1c1cnn(C)c1)C1CC1. The lowest BCUT2D eigenvalue weighted by Gasteiger charge is -2.40. The van der Waals surface area contributed by atoms with Crippen molar-refractivity contribution in [3.05, 3.63) is 18.0 Å². The van der Waals surface area contributed by atoms with Crippen LogP contribution < -0.4 is 5.32 Å². The molecule has 0 bridgehead atoms. The number of likely N-dealkylation sites (tertiary alicyclic amines) is 1. The zero-order valence-corrected chi connectivity index (χ0v) is 16.5. The second kappa shape index (κ2) is 8.39. The molecule has 1 aliphatic carbocycles. The van der Waals surface area contributed by atoms with Gasteiger partial charge in [-0.05, 0) is 51.1 Å². The molecule has 2 fully saturated rings. The maximum Gasteiger partial charge on any atom is 0.317 e. The number of ether oxygens (including phenoxy) is 1. The lowest BCUT2D eigenvalue weighted by molar-refractivity contribution is 0.0970. The van der Waals surface area contributed by atoms with E-state index in [1.54, 1.807) is 7.11 Å². The van der Waals surface area contributed by atoms with Crippen LogP contribution in [0.2, 0.25) is 0 Å². The fourth-order valence-electron chi connectivity index (χ4n) is 4.25. The Kier molecular flexibility index (Phi) is 6.19. The summed E-state index contributed by atoms with van der Waals surface area (Å²) in [6.45, 7) is 2.43. The Bertz CT molecular complexity index is 601. The summed E-state index contributed by atoms with van der Waals surface area (Å²) in [5.74, 6) is 0.992. The van der Waals surface area contributed by atoms with Gasteiger partial charge < -0.3 is 15.0 Å². The van der Waals surface area contributed by atoms with Crippen LogP contribution in [0.15, 0.2) is 12.4 Å². The van der Waals surface area contributed by atoms with E-state index in [0.29, 0.717) is 24.5 Å². The van der Waals surface area contributed by atoms with Gasteiger partial charge in [-0.15, -0.1) is 0 Å². The predicted molar refractivity (Wildman–Crippen MR) is 101 cm³/mol. The van der Waals surface area contributed by atoms with E-state index in [4.69, 9.17) is 4.74 Å². The van der Waals surface area contributed by atoms with Crippen LogP contribution in [0, 0.1) is 11.8 Å². The summed E-state index contributed by atoms with van der Waals surface area (Å²) in [5, 5.41) is 7.52. The Hall–Kier alpha value is -1.60. The highest BCUT2D eigenvalue weighted by Crippen LogP contribution is 2.35. The highest BCUT2D eigenvalue weighted by molar-refractivity contribution is 5.74. The van der Waals surface area contributed by atoms with Crippen molar-refractivity contribution in [1.29, 1.82) is 0 Å². The van der Waals surface area contributed by atoms with Crippen LogP contribution in [0.1, 0.15) is 37.3 Å². The molecule has 26 heavy (non-hydrogen) atoms. The average Bonchev–Trinajstić information content (AvgIpc) is 3.36. The third-order valence-electron chi connectivity index (χ3n) is 5.77. The molecule has 1 aliphatic heterocycles. The van der Waals surface area contributed by atoms with Gasteiger partial charge in [-0.25, -0.2) is 4.79 Å². The molecule has 0 aromatic carbocycles. The second-order valence-corrected chi connectivity index (χ2v) is 8.00. The van der Waals surface area contributed by atoms with Crippen LogP contribution in [0.25, 0.3) is 0 Å². The number of urea groups is 1. The molecule has 2 amide bonds. The molecule has 7 heteroatoms. The maximum absolute atomic E-state index is 12.7. The number of methoxy groups -OCH3 is 1. The summed E-state index contributed by atoms with van der Waals surface area (Å²) in [6.07, 6.45) is 8.74. The number of rotatable bonds is 7. The minimum atomic E-state index is 0.0112. The van der Waals surface area contributed by atoms with Gasteiger partial charge in [0, 0.05) is 45.6 Å². The van der Waals surface area contributed by atoms with Crippen LogP contribution >= 0.6 is 0 Å². The molecule has 1 aromatic heterocycles. The number of aromatic nitrogens is 2. The first-order valence-corrected chi connectivity index (χ1v) is 9.69. The summed E-state index contributed by atoms with van der Waals surface area (Å²) in [5.41, 5.74) is 1.24. The Morgan fingerprint density at radius 1 is 1.42 bits per heavy atom. The monoisotopic (exact) mass is 363 g/mol. The Morgan fingerprint density at radius 3 is 2.81 bits per heavy atom. The Balaban J connectivity index is 1.62. The second-order valence-electron chi connectivity index (χ2n) is 8.00. The smallest absolute Gasteiger partial charge is 0.317 e. The van der Waals surface area contributed by atoms with E-state index in [2.05, 4.69) is 28.6 Å². The molecule has 3 atom stereocenters. The summed E-state index contributed by atoms with van der Waals surface area (Å²) < 4.78 is 7.14. The van der Waals surface area contributed by atoms with Crippen LogP contribution in [-0.4, -0.2) is 72.6 Å². The Labute approximate surface area is 156 Å². The van der Waals surface area contributed by atoms with E-state index in [1.165, 1.54) is 24.8 Å². The quantitative estimate of drug-likeness (QED) is 0.803. The van der Waals surface area contributed by atoms with Crippen molar-refractivity contribution in [3.8, 4) is 0 Å². The number of hydrogen-bond acceptors (Lipinski definition) is 4. The van der Waals surface area contributed by atoms with Gasteiger partial charge in [0.1, 0.15) is 0 Å². The zero-order chi connectivity index (χ0) is 18.7. The minimum absolute atomic E-state index is 0.0112. The number of hydrogen-bond donors (Lipinski definition) is 1. The predicted octanol–water partition coefficient (Wildman–Crippen LogP) is 1.87. The van der Waals surface area contributed by atoms with Gasteiger partial charge in [-0.1, -0.05) is 0 Å². The van der Waals surface area contributed by atoms with Gasteiger partial charge >= 0.3 is 6.03 Å². The summed E-state index contributed by atoms with van der Waals surface area (Å²) in [7, 11) is 7.73. The number of aryl methyl sites for hydroxylation is 1. The van der Waals surface area contributed by atoms with Crippen molar-refractivity contribution in [3.63, 3.8) is 0 Å². The van der Waals surface area contributed by atoms with Gasteiger partial charge in [0.2, 0.25) is 0 Å². The number of carbonyl (C=O) groups excluding carboxylic acids is 1. The first kappa shape index (κ1) is 19.2. The van der Waals surface area contributed by atoms with Crippen LogP contribution in [-0.2, 0) is 11.8 Å². The summed E-state index contributed by atoms with van der Waals surface area (Å²) >= 11 is 0. The van der Waals surface area contributed by atoms with Crippen molar-refractivity contribution in [2.24, 2.45) is 18.9 Å². The molecule has 1 aromatic rings. The number of nitrogens with zero attached hydrogens (tertiary/aromatic N) is 4. The van der Waals surface area contributed by atoms with Crippen LogP contribution in [0.4, 0.5) is 4.79 Å². The van der Waals surface area contributed by atoms with E-state index in [-0.39, 0.29) is 12.1 Å². The van der Waals surface area contributed by atoms with Gasteiger partial charge in [-0.3, -0.25) is 9.58 Å². The maximum atomic E-state index is 12.7. The molecular weight excluding hydrogens is 330 g/mol. The van der Waals surface area contributed by atoms with Crippen molar-refractivity contribution in [2.45, 2.75) is 37.8 Å². The van der Waals surface area contributed by atoms with E-state index in [9.17, 15) is 4.79 Å². The highest BCUT2D eigenvalue weighted by Gasteiger charge is 2.35. The molecule has 1 saturated carbocycles. The molecule has 0 spiro atoms. The third kappa shape index (κ3) is 4.57. The molecule has 0 unspecified atom stereocenters. The van der Waals surface area contributed by atoms with E-state index < -0.39 is 0 Å². The largest absolute Gasteiger partial charge is 0.383 e. The molecule has 7 nitrogen and oxygen atoms in total.